The fraction of sp³-hybridized carbons (Fsp3) is 0.400. The normalized spacial score (nSPS) is 12.1. The fourth-order valence-corrected chi connectivity index (χ4v) is 2.88. The fourth-order valence-electron chi connectivity index (χ4n) is 1.23. The van der Waals surface area contributed by atoms with Crippen LogP contribution in [0.4, 0.5) is 0 Å². The molecule has 1 rings (SSSR count). The summed E-state index contributed by atoms with van der Waals surface area (Å²) in [5.74, 6) is -1.11. The number of thioether (sulfide) groups is 1. The van der Waals surface area contributed by atoms with E-state index >= 15 is 0 Å². The molecule has 0 aliphatic heterocycles. The van der Waals surface area contributed by atoms with Gasteiger partial charge in [-0.1, -0.05) is 0 Å². The standard InChI is InChI=1S/C10H13NO3S2/c1-6(5-8(12)13)11-10(14)9-7(15-2)3-4-16-9/h3-4,6H,5H2,1-2H3,(H,11,14)(H,12,13). The van der Waals surface area contributed by atoms with Crippen LogP contribution in [0.25, 0.3) is 0 Å². The summed E-state index contributed by atoms with van der Waals surface area (Å²) in [5.41, 5.74) is 0. The van der Waals surface area contributed by atoms with Gasteiger partial charge in [0.25, 0.3) is 5.91 Å². The van der Waals surface area contributed by atoms with Crippen LogP contribution in [-0.2, 0) is 4.79 Å². The van der Waals surface area contributed by atoms with E-state index in [0.29, 0.717) is 4.88 Å². The zero-order valence-corrected chi connectivity index (χ0v) is 10.7. The van der Waals surface area contributed by atoms with Crippen LogP contribution in [-0.4, -0.2) is 29.3 Å². The van der Waals surface area contributed by atoms with Gasteiger partial charge in [0.2, 0.25) is 0 Å². The Morgan fingerprint density at radius 3 is 2.88 bits per heavy atom. The molecule has 0 aromatic carbocycles. The van der Waals surface area contributed by atoms with E-state index in [0.717, 1.165) is 4.90 Å². The molecule has 0 saturated heterocycles. The molecular weight excluding hydrogens is 246 g/mol. The number of carbonyl (C=O) groups is 2. The lowest BCUT2D eigenvalue weighted by Gasteiger charge is -2.11. The summed E-state index contributed by atoms with van der Waals surface area (Å²) in [6.45, 7) is 1.68. The van der Waals surface area contributed by atoms with Crippen LogP contribution in [0.2, 0.25) is 0 Å². The summed E-state index contributed by atoms with van der Waals surface area (Å²) in [6, 6.07) is 1.52. The second kappa shape index (κ2) is 5.91. The van der Waals surface area contributed by atoms with E-state index in [4.69, 9.17) is 5.11 Å². The first-order valence-electron chi connectivity index (χ1n) is 4.68. The van der Waals surface area contributed by atoms with Crippen molar-refractivity contribution in [1.82, 2.24) is 5.32 Å². The predicted molar refractivity (Wildman–Crippen MR) is 65.3 cm³/mol. The number of carboxylic acids is 1. The van der Waals surface area contributed by atoms with Crippen molar-refractivity contribution < 1.29 is 14.7 Å². The molecule has 1 amide bonds. The Bertz CT molecular complexity index is 389. The van der Waals surface area contributed by atoms with E-state index < -0.39 is 5.97 Å². The molecule has 88 valence electrons. The Labute approximate surface area is 102 Å². The lowest BCUT2D eigenvalue weighted by atomic mass is 10.2. The van der Waals surface area contributed by atoms with Crippen molar-refractivity contribution in [1.29, 1.82) is 0 Å². The highest BCUT2D eigenvalue weighted by Gasteiger charge is 2.16. The number of thiophene rings is 1. The van der Waals surface area contributed by atoms with E-state index in [9.17, 15) is 9.59 Å². The minimum Gasteiger partial charge on any atom is -0.481 e. The van der Waals surface area contributed by atoms with Gasteiger partial charge in [-0.2, -0.15) is 0 Å². The smallest absolute Gasteiger partial charge is 0.305 e. The monoisotopic (exact) mass is 259 g/mol. The topological polar surface area (TPSA) is 66.4 Å². The van der Waals surface area contributed by atoms with Crippen molar-refractivity contribution >= 4 is 35.0 Å². The highest BCUT2D eigenvalue weighted by atomic mass is 32.2. The van der Waals surface area contributed by atoms with Gasteiger partial charge in [0, 0.05) is 10.9 Å². The summed E-state index contributed by atoms with van der Waals surface area (Å²) in [6.07, 6.45) is 1.84. The summed E-state index contributed by atoms with van der Waals surface area (Å²) in [4.78, 5) is 23.8. The van der Waals surface area contributed by atoms with Crippen molar-refractivity contribution in [3.05, 3.63) is 16.3 Å². The lowest BCUT2D eigenvalue weighted by molar-refractivity contribution is -0.137. The highest BCUT2D eigenvalue weighted by molar-refractivity contribution is 7.98. The van der Waals surface area contributed by atoms with Crippen LogP contribution in [0.15, 0.2) is 16.3 Å². The van der Waals surface area contributed by atoms with Gasteiger partial charge >= 0.3 is 5.97 Å². The number of nitrogens with one attached hydrogen (secondary N) is 1. The number of aliphatic carboxylic acids is 1. The van der Waals surface area contributed by atoms with Gasteiger partial charge in [-0.05, 0) is 24.6 Å². The van der Waals surface area contributed by atoms with Gasteiger partial charge in [-0.15, -0.1) is 23.1 Å². The van der Waals surface area contributed by atoms with Crippen LogP contribution in [0.5, 0.6) is 0 Å². The first kappa shape index (κ1) is 13.1. The third-order valence-electron chi connectivity index (χ3n) is 1.91. The molecule has 1 aromatic rings. The zero-order chi connectivity index (χ0) is 12.1. The Hall–Kier alpha value is -1.01. The Morgan fingerprint density at radius 1 is 1.62 bits per heavy atom. The van der Waals surface area contributed by atoms with E-state index in [1.165, 1.54) is 23.1 Å². The highest BCUT2D eigenvalue weighted by Crippen LogP contribution is 2.25. The maximum Gasteiger partial charge on any atom is 0.305 e. The summed E-state index contributed by atoms with van der Waals surface area (Å²) in [5, 5.41) is 13.1. The molecule has 6 heteroatoms. The SMILES string of the molecule is CSc1ccsc1C(=O)NC(C)CC(=O)O. The molecule has 0 radical (unpaired) electrons. The van der Waals surface area contributed by atoms with Gasteiger partial charge < -0.3 is 10.4 Å². The zero-order valence-electron chi connectivity index (χ0n) is 9.02. The van der Waals surface area contributed by atoms with Gasteiger partial charge in [0.05, 0.1) is 6.42 Å². The summed E-state index contributed by atoms with van der Waals surface area (Å²) < 4.78 is 0. The molecule has 0 aliphatic rings. The van der Waals surface area contributed by atoms with Gasteiger partial charge in [-0.25, -0.2) is 0 Å². The molecule has 2 N–H and O–H groups in total. The summed E-state index contributed by atoms with van der Waals surface area (Å²) in [7, 11) is 0. The molecule has 0 aliphatic carbocycles. The number of carbonyl (C=O) groups excluding carboxylic acids is 1. The Kier molecular flexibility index (Phi) is 4.82. The van der Waals surface area contributed by atoms with E-state index in [-0.39, 0.29) is 18.4 Å². The average molecular weight is 259 g/mol. The molecule has 0 bridgehead atoms. The quantitative estimate of drug-likeness (QED) is 0.794. The van der Waals surface area contributed by atoms with Crippen molar-refractivity contribution in [3.63, 3.8) is 0 Å². The minimum atomic E-state index is -0.913. The molecule has 4 nitrogen and oxygen atoms in total. The number of rotatable bonds is 5. The number of carboxylic acid groups (broad SMARTS) is 1. The lowest BCUT2D eigenvalue weighted by Crippen LogP contribution is -2.33. The van der Waals surface area contributed by atoms with Crippen LogP contribution < -0.4 is 5.32 Å². The van der Waals surface area contributed by atoms with E-state index in [1.807, 2.05) is 17.7 Å². The Balaban J connectivity index is 2.62. The van der Waals surface area contributed by atoms with Crippen LogP contribution in [0, 0.1) is 0 Å². The number of hydrogen-bond acceptors (Lipinski definition) is 4. The first-order valence-corrected chi connectivity index (χ1v) is 6.79. The second-order valence-corrected chi connectivity index (χ2v) is 5.05. The molecule has 1 aromatic heterocycles. The molecule has 0 spiro atoms. The van der Waals surface area contributed by atoms with Gasteiger partial charge in [-0.3, -0.25) is 9.59 Å². The van der Waals surface area contributed by atoms with Gasteiger partial charge in [0.1, 0.15) is 4.88 Å². The van der Waals surface area contributed by atoms with E-state index in [2.05, 4.69) is 5.32 Å². The van der Waals surface area contributed by atoms with Crippen molar-refractivity contribution in [2.45, 2.75) is 24.3 Å². The molecule has 1 unspecified atom stereocenters. The van der Waals surface area contributed by atoms with E-state index in [1.54, 1.807) is 6.92 Å². The first-order chi connectivity index (χ1) is 7.54. The van der Waals surface area contributed by atoms with Crippen molar-refractivity contribution in [2.24, 2.45) is 0 Å². The molecule has 1 atom stereocenters. The molecule has 0 fully saturated rings. The second-order valence-electron chi connectivity index (χ2n) is 3.29. The molecule has 0 saturated carbocycles. The minimum absolute atomic E-state index is 0.0638. The van der Waals surface area contributed by atoms with Crippen LogP contribution in [0.3, 0.4) is 0 Å². The molecule has 16 heavy (non-hydrogen) atoms. The number of hydrogen-bond donors (Lipinski definition) is 2. The maximum atomic E-state index is 11.8. The maximum absolute atomic E-state index is 11.8. The molecular formula is C10H13NO3S2. The predicted octanol–water partition coefficient (Wildman–Crippen LogP) is 2.06. The van der Waals surface area contributed by atoms with Crippen molar-refractivity contribution in [2.75, 3.05) is 6.26 Å². The van der Waals surface area contributed by atoms with Crippen LogP contribution in [0.1, 0.15) is 23.0 Å². The van der Waals surface area contributed by atoms with Crippen LogP contribution >= 0.6 is 23.1 Å². The van der Waals surface area contributed by atoms with Gasteiger partial charge in [0.15, 0.2) is 0 Å². The average Bonchev–Trinajstić information content (AvgIpc) is 2.63. The summed E-state index contributed by atoms with van der Waals surface area (Å²) >= 11 is 2.87. The third kappa shape index (κ3) is 3.53. The van der Waals surface area contributed by atoms with Crippen molar-refractivity contribution in [3.8, 4) is 0 Å². The third-order valence-corrected chi connectivity index (χ3v) is 3.74. The number of amides is 1. The Morgan fingerprint density at radius 2 is 2.31 bits per heavy atom. The largest absolute Gasteiger partial charge is 0.481 e. The molecule has 1 heterocycles.